The Labute approximate surface area is 185 Å². The zero-order valence-corrected chi connectivity index (χ0v) is 17.5. The molecule has 0 unspecified atom stereocenters. The van der Waals surface area contributed by atoms with Gasteiger partial charge < -0.3 is 10.1 Å². The molecule has 1 N–H and O–H groups in total. The van der Waals surface area contributed by atoms with Crippen molar-refractivity contribution in [3.8, 4) is 16.3 Å². The van der Waals surface area contributed by atoms with Crippen LogP contribution in [0.15, 0.2) is 72.1 Å². The van der Waals surface area contributed by atoms with Gasteiger partial charge in [0, 0.05) is 6.07 Å². The van der Waals surface area contributed by atoms with Crippen molar-refractivity contribution in [3.05, 3.63) is 88.6 Å². The molecule has 1 amide bonds. The maximum absolute atomic E-state index is 13.1. The first-order chi connectivity index (χ1) is 15.0. The number of halogens is 2. The summed E-state index contributed by atoms with van der Waals surface area (Å²) in [7, 11) is 0. The van der Waals surface area contributed by atoms with E-state index in [4.69, 9.17) is 16.3 Å². The number of aromatic nitrogens is 2. The largest absolute Gasteiger partial charge is 0.451 e. The summed E-state index contributed by atoms with van der Waals surface area (Å²) in [5, 5.41) is 8.97. The van der Waals surface area contributed by atoms with E-state index in [9.17, 15) is 14.0 Å². The van der Waals surface area contributed by atoms with Gasteiger partial charge in [0.05, 0.1) is 21.3 Å². The lowest BCUT2D eigenvalue weighted by Crippen LogP contribution is -2.22. The number of anilines is 1. The van der Waals surface area contributed by atoms with Crippen LogP contribution in [0.1, 0.15) is 10.5 Å². The van der Waals surface area contributed by atoms with Crippen LogP contribution in [-0.2, 0) is 9.53 Å². The van der Waals surface area contributed by atoms with Crippen LogP contribution in [0.4, 0.5) is 10.1 Å². The number of rotatable bonds is 6. The fraction of sp³-hybridized carbons (Fsp3) is 0.0455. The molecule has 2 aromatic heterocycles. The summed E-state index contributed by atoms with van der Waals surface area (Å²) in [5.41, 5.74) is 1.70. The Hall–Kier alpha value is -3.49. The molecule has 0 bridgehead atoms. The summed E-state index contributed by atoms with van der Waals surface area (Å²) < 4.78 is 19.8. The Balaban J connectivity index is 1.51. The molecule has 156 valence electrons. The molecular weight excluding hydrogens is 441 g/mol. The van der Waals surface area contributed by atoms with Gasteiger partial charge in [-0.15, -0.1) is 11.3 Å². The third-order valence-corrected chi connectivity index (χ3v) is 5.44. The summed E-state index contributed by atoms with van der Waals surface area (Å²) in [5.74, 6) is -1.84. The van der Waals surface area contributed by atoms with Gasteiger partial charge in [0.1, 0.15) is 11.5 Å². The highest BCUT2D eigenvalue weighted by molar-refractivity contribution is 7.13. The van der Waals surface area contributed by atoms with Crippen LogP contribution >= 0.6 is 22.9 Å². The number of nitrogens with zero attached hydrogens (tertiary/aromatic N) is 2. The van der Waals surface area contributed by atoms with Crippen LogP contribution in [0.2, 0.25) is 5.02 Å². The Morgan fingerprint density at radius 3 is 2.61 bits per heavy atom. The van der Waals surface area contributed by atoms with Gasteiger partial charge in [-0.3, -0.25) is 4.79 Å². The van der Waals surface area contributed by atoms with E-state index in [0.717, 1.165) is 17.0 Å². The number of benzene rings is 2. The number of esters is 1. The van der Waals surface area contributed by atoms with Gasteiger partial charge in [-0.1, -0.05) is 35.9 Å². The third-order valence-electron chi connectivity index (χ3n) is 4.23. The molecule has 0 atom stereocenters. The molecule has 0 spiro atoms. The van der Waals surface area contributed by atoms with Crippen molar-refractivity contribution in [1.29, 1.82) is 0 Å². The van der Waals surface area contributed by atoms with E-state index in [0.29, 0.717) is 11.4 Å². The molecule has 4 rings (SSSR count). The van der Waals surface area contributed by atoms with Crippen molar-refractivity contribution >= 4 is 40.5 Å². The molecule has 0 saturated carbocycles. The minimum atomic E-state index is -0.709. The zero-order valence-electron chi connectivity index (χ0n) is 15.9. The van der Waals surface area contributed by atoms with E-state index in [1.807, 2.05) is 47.8 Å². The predicted molar refractivity (Wildman–Crippen MR) is 117 cm³/mol. The lowest BCUT2D eigenvalue weighted by molar-refractivity contribution is -0.119. The van der Waals surface area contributed by atoms with Gasteiger partial charge >= 0.3 is 5.97 Å². The van der Waals surface area contributed by atoms with Gasteiger partial charge in [0.2, 0.25) is 0 Å². The fourth-order valence-electron chi connectivity index (χ4n) is 2.82. The Morgan fingerprint density at radius 2 is 1.90 bits per heavy atom. The molecule has 0 aliphatic rings. The van der Waals surface area contributed by atoms with Crippen LogP contribution in [0.3, 0.4) is 0 Å². The number of hydrogen-bond acceptors (Lipinski definition) is 5. The summed E-state index contributed by atoms with van der Waals surface area (Å²) in [6.07, 6.45) is 0. The Morgan fingerprint density at radius 1 is 1.10 bits per heavy atom. The van der Waals surface area contributed by atoms with Crippen molar-refractivity contribution in [1.82, 2.24) is 9.78 Å². The lowest BCUT2D eigenvalue weighted by Gasteiger charge is -2.09. The molecule has 0 aliphatic carbocycles. The number of amides is 1. The van der Waals surface area contributed by atoms with Crippen LogP contribution in [0.5, 0.6) is 0 Å². The van der Waals surface area contributed by atoms with Gasteiger partial charge in [-0.05, 0) is 41.8 Å². The summed E-state index contributed by atoms with van der Waals surface area (Å²) in [6, 6.07) is 18.1. The van der Waals surface area contributed by atoms with Crippen molar-refractivity contribution in [2.24, 2.45) is 0 Å². The van der Waals surface area contributed by atoms with E-state index in [-0.39, 0.29) is 16.4 Å². The SMILES string of the molecule is O=C(COC(=O)c1cc(-c2cccs2)nn1-c1ccccc1)Nc1ccc(F)cc1Cl. The average molecular weight is 456 g/mol. The molecule has 6 nitrogen and oxygen atoms in total. The highest BCUT2D eigenvalue weighted by Gasteiger charge is 2.20. The molecule has 4 aromatic rings. The number of hydrogen-bond donors (Lipinski definition) is 1. The summed E-state index contributed by atoms with van der Waals surface area (Å²) in [6.45, 7) is -0.541. The molecule has 9 heteroatoms. The maximum Gasteiger partial charge on any atom is 0.357 e. The molecule has 0 fully saturated rings. The molecule has 2 heterocycles. The van der Waals surface area contributed by atoms with Crippen LogP contribution in [-0.4, -0.2) is 28.3 Å². The normalized spacial score (nSPS) is 10.6. The minimum Gasteiger partial charge on any atom is -0.451 e. The minimum absolute atomic E-state index is 0.0439. The number of thiophene rings is 1. The predicted octanol–water partition coefficient (Wildman–Crippen LogP) is 5.19. The van der Waals surface area contributed by atoms with Crippen LogP contribution < -0.4 is 5.32 Å². The van der Waals surface area contributed by atoms with Crippen molar-refractivity contribution in [3.63, 3.8) is 0 Å². The highest BCUT2D eigenvalue weighted by Crippen LogP contribution is 2.26. The number of carbonyl (C=O) groups excluding carboxylic acids is 2. The van der Waals surface area contributed by atoms with Crippen LogP contribution in [0, 0.1) is 5.82 Å². The van der Waals surface area contributed by atoms with E-state index < -0.39 is 24.3 Å². The maximum atomic E-state index is 13.1. The molecular formula is C22H15ClFN3O3S. The molecule has 0 aliphatic heterocycles. The standard InChI is InChI=1S/C22H15ClFN3O3S/c23-16-11-14(24)8-9-17(16)25-21(28)13-30-22(29)19-12-18(20-7-4-10-31-20)26-27(19)15-5-2-1-3-6-15/h1-12H,13H2,(H,25,28). The lowest BCUT2D eigenvalue weighted by atomic mass is 10.3. The van der Waals surface area contributed by atoms with E-state index in [1.165, 1.54) is 22.1 Å². The van der Waals surface area contributed by atoms with Crippen molar-refractivity contribution in [2.45, 2.75) is 0 Å². The topological polar surface area (TPSA) is 73.2 Å². The van der Waals surface area contributed by atoms with E-state index in [2.05, 4.69) is 10.4 Å². The van der Waals surface area contributed by atoms with Crippen molar-refractivity contribution in [2.75, 3.05) is 11.9 Å². The zero-order chi connectivity index (χ0) is 21.8. The Kier molecular flexibility index (Phi) is 6.11. The smallest absolute Gasteiger partial charge is 0.357 e. The van der Waals surface area contributed by atoms with Gasteiger partial charge in [0.15, 0.2) is 12.3 Å². The summed E-state index contributed by atoms with van der Waals surface area (Å²) >= 11 is 7.39. The molecule has 31 heavy (non-hydrogen) atoms. The number of para-hydroxylation sites is 1. The number of ether oxygens (including phenoxy) is 1. The second kappa shape index (κ2) is 9.11. The van der Waals surface area contributed by atoms with Crippen LogP contribution in [0.25, 0.3) is 16.3 Å². The fourth-order valence-corrected chi connectivity index (χ4v) is 3.72. The molecule has 2 aromatic carbocycles. The first kappa shape index (κ1) is 20.8. The first-order valence-electron chi connectivity index (χ1n) is 9.12. The number of nitrogens with one attached hydrogen (secondary N) is 1. The van der Waals surface area contributed by atoms with Gasteiger partial charge in [-0.2, -0.15) is 5.10 Å². The number of carbonyl (C=O) groups is 2. The van der Waals surface area contributed by atoms with E-state index >= 15 is 0 Å². The second-order valence-corrected chi connectivity index (χ2v) is 7.74. The first-order valence-corrected chi connectivity index (χ1v) is 10.4. The summed E-state index contributed by atoms with van der Waals surface area (Å²) in [4.78, 5) is 25.8. The average Bonchev–Trinajstić information content (AvgIpc) is 3.45. The second-order valence-electron chi connectivity index (χ2n) is 6.39. The van der Waals surface area contributed by atoms with Gasteiger partial charge in [0.25, 0.3) is 5.91 Å². The molecule has 0 radical (unpaired) electrons. The van der Waals surface area contributed by atoms with Gasteiger partial charge in [-0.25, -0.2) is 13.9 Å². The monoisotopic (exact) mass is 455 g/mol. The third kappa shape index (κ3) is 4.82. The Bertz CT molecular complexity index is 1230. The highest BCUT2D eigenvalue weighted by atomic mass is 35.5. The van der Waals surface area contributed by atoms with E-state index in [1.54, 1.807) is 6.07 Å². The molecule has 0 saturated heterocycles. The quantitative estimate of drug-likeness (QED) is 0.406. The van der Waals surface area contributed by atoms with Crippen molar-refractivity contribution < 1.29 is 18.7 Å².